The van der Waals surface area contributed by atoms with Crippen molar-refractivity contribution >= 4 is 5.97 Å². The number of ether oxygens (including phenoxy) is 1. The fraction of sp³-hybridized carbons (Fsp3) is 0.909. The maximum Gasteiger partial charge on any atom is 0.332 e. The van der Waals surface area contributed by atoms with Crippen LogP contribution in [0.25, 0.3) is 0 Å². The second kappa shape index (κ2) is 5.35. The Hall–Kier alpha value is -0.570. The van der Waals surface area contributed by atoms with Gasteiger partial charge in [0.05, 0.1) is 6.10 Å². The zero-order valence-corrected chi connectivity index (χ0v) is 9.03. The molecule has 0 amide bonds. The highest BCUT2D eigenvalue weighted by Crippen LogP contribution is 2.29. The number of carbonyl (C=O) groups is 1. The second-order valence-corrected chi connectivity index (χ2v) is 4.40. The molecule has 0 heterocycles. The van der Waals surface area contributed by atoms with E-state index in [1.54, 1.807) is 0 Å². The average Bonchev–Trinajstić information content (AvgIpc) is 2.54. The summed E-state index contributed by atoms with van der Waals surface area (Å²) in [5.41, 5.74) is 0. The van der Waals surface area contributed by atoms with E-state index in [-0.39, 0.29) is 6.10 Å². The summed E-state index contributed by atoms with van der Waals surface area (Å²) < 4.78 is 5.37. The van der Waals surface area contributed by atoms with Crippen molar-refractivity contribution < 1.29 is 14.6 Å². The van der Waals surface area contributed by atoms with Crippen molar-refractivity contribution in [3.63, 3.8) is 0 Å². The molecule has 0 bridgehead atoms. The summed E-state index contributed by atoms with van der Waals surface area (Å²) >= 11 is 0. The van der Waals surface area contributed by atoms with Crippen LogP contribution in [0.15, 0.2) is 0 Å². The van der Waals surface area contributed by atoms with E-state index in [0.717, 1.165) is 0 Å². The first-order valence-electron chi connectivity index (χ1n) is 5.48. The van der Waals surface area contributed by atoms with E-state index in [1.165, 1.54) is 25.7 Å². The monoisotopic (exact) mass is 200 g/mol. The number of aliphatic carboxylic acids is 1. The topological polar surface area (TPSA) is 46.5 Å². The third kappa shape index (κ3) is 3.66. The molecule has 14 heavy (non-hydrogen) atoms. The summed E-state index contributed by atoms with van der Waals surface area (Å²) in [6.07, 6.45) is 4.93. The van der Waals surface area contributed by atoms with Crippen molar-refractivity contribution in [3.8, 4) is 0 Å². The summed E-state index contributed by atoms with van der Waals surface area (Å²) in [5.74, 6) is -0.250. The van der Waals surface area contributed by atoms with Gasteiger partial charge >= 0.3 is 5.97 Å². The van der Waals surface area contributed by atoms with Crippen LogP contribution in [-0.2, 0) is 9.53 Å². The third-order valence-corrected chi connectivity index (χ3v) is 2.73. The molecule has 1 aliphatic carbocycles. The number of hydrogen-bond acceptors (Lipinski definition) is 2. The Morgan fingerprint density at radius 1 is 1.43 bits per heavy atom. The van der Waals surface area contributed by atoms with Gasteiger partial charge in [-0.1, -0.05) is 25.7 Å². The Balaban J connectivity index is 2.37. The van der Waals surface area contributed by atoms with Crippen molar-refractivity contribution in [2.24, 2.45) is 5.92 Å². The molecule has 3 nitrogen and oxygen atoms in total. The van der Waals surface area contributed by atoms with Crippen LogP contribution in [0.2, 0.25) is 0 Å². The minimum atomic E-state index is -0.814. The van der Waals surface area contributed by atoms with Gasteiger partial charge in [0.2, 0.25) is 0 Å². The molecule has 0 spiro atoms. The van der Waals surface area contributed by atoms with Gasteiger partial charge in [0, 0.05) is 0 Å². The molecule has 82 valence electrons. The Morgan fingerprint density at radius 2 is 2.00 bits per heavy atom. The highest BCUT2D eigenvalue weighted by molar-refractivity contribution is 5.72. The second-order valence-electron chi connectivity index (χ2n) is 4.40. The SMILES string of the molecule is CC(C)O[C@@H](CC1CCCC1)C(=O)O. The summed E-state index contributed by atoms with van der Waals surface area (Å²) in [7, 11) is 0. The molecule has 1 fully saturated rings. The highest BCUT2D eigenvalue weighted by atomic mass is 16.5. The average molecular weight is 200 g/mol. The lowest BCUT2D eigenvalue weighted by molar-refractivity contribution is -0.154. The van der Waals surface area contributed by atoms with Gasteiger partial charge in [-0.25, -0.2) is 4.79 Å². The predicted octanol–water partition coefficient (Wildman–Crippen LogP) is 2.44. The first-order chi connectivity index (χ1) is 6.59. The maximum atomic E-state index is 10.9. The molecule has 1 saturated carbocycles. The molecule has 1 atom stereocenters. The van der Waals surface area contributed by atoms with Crippen LogP contribution in [0.3, 0.4) is 0 Å². The first-order valence-corrected chi connectivity index (χ1v) is 5.48. The van der Waals surface area contributed by atoms with Crippen LogP contribution in [0, 0.1) is 5.92 Å². The maximum absolute atomic E-state index is 10.9. The number of hydrogen-bond donors (Lipinski definition) is 1. The van der Waals surface area contributed by atoms with Gasteiger partial charge < -0.3 is 9.84 Å². The van der Waals surface area contributed by atoms with Gasteiger partial charge in [-0.05, 0) is 26.2 Å². The van der Waals surface area contributed by atoms with Crippen molar-refractivity contribution in [1.29, 1.82) is 0 Å². The number of carboxylic acid groups (broad SMARTS) is 1. The highest BCUT2D eigenvalue weighted by Gasteiger charge is 2.25. The normalized spacial score (nSPS) is 20.2. The largest absolute Gasteiger partial charge is 0.479 e. The van der Waals surface area contributed by atoms with E-state index in [2.05, 4.69) is 0 Å². The summed E-state index contributed by atoms with van der Waals surface area (Å²) in [6.45, 7) is 3.76. The molecule has 3 heteroatoms. The lowest BCUT2D eigenvalue weighted by Crippen LogP contribution is -2.28. The number of rotatable bonds is 5. The van der Waals surface area contributed by atoms with Crippen LogP contribution < -0.4 is 0 Å². The molecule has 0 aromatic heterocycles. The molecular weight excluding hydrogens is 180 g/mol. The zero-order chi connectivity index (χ0) is 10.6. The smallest absolute Gasteiger partial charge is 0.332 e. The number of carboxylic acids is 1. The Morgan fingerprint density at radius 3 is 2.43 bits per heavy atom. The third-order valence-electron chi connectivity index (χ3n) is 2.73. The first kappa shape index (κ1) is 11.5. The standard InChI is InChI=1S/C11H20O3/c1-8(2)14-10(11(12)13)7-9-5-3-4-6-9/h8-10H,3-7H2,1-2H3,(H,12,13)/t10-/m0/s1. The summed E-state index contributed by atoms with van der Waals surface area (Å²) in [6, 6.07) is 0. The fourth-order valence-electron chi connectivity index (χ4n) is 2.09. The molecule has 0 aromatic carbocycles. The minimum Gasteiger partial charge on any atom is -0.479 e. The van der Waals surface area contributed by atoms with E-state index in [0.29, 0.717) is 12.3 Å². The van der Waals surface area contributed by atoms with E-state index < -0.39 is 12.1 Å². The van der Waals surface area contributed by atoms with Crippen LogP contribution in [0.4, 0.5) is 0 Å². The van der Waals surface area contributed by atoms with E-state index in [4.69, 9.17) is 9.84 Å². The van der Waals surface area contributed by atoms with E-state index in [1.807, 2.05) is 13.8 Å². The molecule has 1 aliphatic rings. The lowest BCUT2D eigenvalue weighted by atomic mass is 10.00. The molecule has 1 N–H and O–H groups in total. The molecule has 0 radical (unpaired) electrons. The van der Waals surface area contributed by atoms with Crippen molar-refractivity contribution in [1.82, 2.24) is 0 Å². The Labute approximate surface area is 85.5 Å². The Bertz CT molecular complexity index is 183. The molecule has 1 rings (SSSR count). The van der Waals surface area contributed by atoms with Gasteiger partial charge in [-0.3, -0.25) is 0 Å². The minimum absolute atomic E-state index is 0.00231. The molecule has 0 unspecified atom stereocenters. The van der Waals surface area contributed by atoms with Gasteiger partial charge in [-0.2, -0.15) is 0 Å². The predicted molar refractivity (Wildman–Crippen MR) is 54.2 cm³/mol. The summed E-state index contributed by atoms with van der Waals surface area (Å²) in [4.78, 5) is 10.9. The van der Waals surface area contributed by atoms with Crippen molar-refractivity contribution in [2.75, 3.05) is 0 Å². The van der Waals surface area contributed by atoms with E-state index >= 15 is 0 Å². The molecule has 0 saturated heterocycles. The molecular formula is C11H20O3. The molecule has 0 aliphatic heterocycles. The van der Waals surface area contributed by atoms with E-state index in [9.17, 15) is 4.79 Å². The Kier molecular flexibility index (Phi) is 4.39. The van der Waals surface area contributed by atoms with Gasteiger partial charge in [-0.15, -0.1) is 0 Å². The van der Waals surface area contributed by atoms with Crippen LogP contribution >= 0.6 is 0 Å². The zero-order valence-electron chi connectivity index (χ0n) is 9.03. The van der Waals surface area contributed by atoms with Crippen LogP contribution in [0.5, 0.6) is 0 Å². The lowest BCUT2D eigenvalue weighted by Gasteiger charge is -2.19. The summed E-state index contributed by atoms with van der Waals surface area (Å²) in [5, 5.41) is 8.96. The van der Waals surface area contributed by atoms with Crippen LogP contribution in [0.1, 0.15) is 46.0 Å². The van der Waals surface area contributed by atoms with Crippen molar-refractivity contribution in [2.45, 2.75) is 58.2 Å². The molecule has 0 aromatic rings. The van der Waals surface area contributed by atoms with Gasteiger partial charge in [0.25, 0.3) is 0 Å². The van der Waals surface area contributed by atoms with Crippen LogP contribution in [-0.4, -0.2) is 23.3 Å². The quantitative estimate of drug-likeness (QED) is 0.741. The van der Waals surface area contributed by atoms with Crippen molar-refractivity contribution in [3.05, 3.63) is 0 Å². The fourth-order valence-corrected chi connectivity index (χ4v) is 2.09. The van der Waals surface area contributed by atoms with Gasteiger partial charge in [0.1, 0.15) is 0 Å². The van der Waals surface area contributed by atoms with Gasteiger partial charge in [0.15, 0.2) is 6.10 Å².